The summed E-state index contributed by atoms with van der Waals surface area (Å²) in [4.78, 5) is 14.1. The molecule has 0 saturated heterocycles. The fourth-order valence-electron chi connectivity index (χ4n) is 2.50. The maximum Gasteiger partial charge on any atom is 0.253 e. The first-order chi connectivity index (χ1) is 12.9. The Kier molecular flexibility index (Phi) is 7.38. The summed E-state index contributed by atoms with van der Waals surface area (Å²) in [6.45, 7) is 2.92. The molecule has 2 aromatic rings. The van der Waals surface area contributed by atoms with Crippen molar-refractivity contribution in [1.29, 1.82) is 0 Å². The van der Waals surface area contributed by atoms with Crippen LogP contribution >= 0.6 is 0 Å². The van der Waals surface area contributed by atoms with Gasteiger partial charge in [0.15, 0.2) is 0 Å². The number of nitrogens with one attached hydrogen (secondary N) is 1. The number of unbranched alkanes of at least 4 members (excludes halogenated alkanes) is 1. The molecule has 0 fully saturated rings. The van der Waals surface area contributed by atoms with E-state index >= 15 is 0 Å². The number of nitrogens with zero attached hydrogens (tertiary/aromatic N) is 1. The van der Waals surface area contributed by atoms with Crippen molar-refractivity contribution in [2.45, 2.75) is 31.2 Å². The summed E-state index contributed by atoms with van der Waals surface area (Å²) < 4.78 is 32.6. The summed E-state index contributed by atoms with van der Waals surface area (Å²) >= 11 is 0. The average molecular weight is 391 g/mol. The van der Waals surface area contributed by atoms with Crippen LogP contribution < -0.4 is 9.46 Å². The van der Waals surface area contributed by atoms with Crippen LogP contribution in [0.4, 0.5) is 0 Å². The van der Waals surface area contributed by atoms with E-state index in [-0.39, 0.29) is 17.3 Å². The predicted molar refractivity (Wildman–Crippen MR) is 105 cm³/mol. The van der Waals surface area contributed by atoms with E-state index in [1.807, 2.05) is 0 Å². The molecule has 2 aromatic carbocycles. The summed E-state index contributed by atoms with van der Waals surface area (Å²) in [6.07, 6.45) is 1.94. The van der Waals surface area contributed by atoms with Gasteiger partial charge in [0.05, 0.1) is 12.0 Å². The molecule has 0 atom stereocenters. The number of sulfonamides is 1. The van der Waals surface area contributed by atoms with Crippen LogP contribution in [0.5, 0.6) is 5.75 Å². The number of hydrogen-bond acceptors (Lipinski definition) is 4. The molecular weight excluding hydrogens is 364 g/mol. The minimum absolute atomic E-state index is 0.112. The number of carbonyl (C=O) groups excluding carboxylic acids is 1. The van der Waals surface area contributed by atoms with Gasteiger partial charge in [0.2, 0.25) is 10.0 Å². The van der Waals surface area contributed by atoms with Crippen molar-refractivity contribution in [3.05, 3.63) is 59.7 Å². The molecule has 2 rings (SSSR count). The Labute approximate surface area is 161 Å². The monoisotopic (exact) mass is 390 g/mol. The van der Waals surface area contributed by atoms with E-state index in [9.17, 15) is 13.2 Å². The van der Waals surface area contributed by atoms with Gasteiger partial charge in [-0.15, -0.1) is 0 Å². The predicted octanol–water partition coefficient (Wildman–Crippen LogP) is 3.05. The van der Waals surface area contributed by atoms with Gasteiger partial charge in [0, 0.05) is 25.7 Å². The molecule has 27 heavy (non-hydrogen) atoms. The Hall–Kier alpha value is -2.38. The topological polar surface area (TPSA) is 75.7 Å². The second kappa shape index (κ2) is 9.53. The second-order valence-corrected chi connectivity index (χ2v) is 8.04. The first kappa shape index (κ1) is 20.9. The number of amides is 1. The van der Waals surface area contributed by atoms with Gasteiger partial charge in [-0.1, -0.05) is 25.5 Å². The molecule has 0 aliphatic rings. The van der Waals surface area contributed by atoms with Crippen molar-refractivity contribution in [3.63, 3.8) is 0 Å². The lowest BCUT2D eigenvalue weighted by Crippen LogP contribution is -2.28. The van der Waals surface area contributed by atoms with Gasteiger partial charge < -0.3 is 9.64 Å². The zero-order valence-electron chi connectivity index (χ0n) is 15.9. The van der Waals surface area contributed by atoms with Crippen LogP contribution in [0.2, 0.25) is 0 Å². The number of ether oxygens (including phenoxy) is 1. The van der Waals surface area contributed by atoms with Gasteiger partial charge in [-0.25, -0.2) is 13.1 Å². The van der Waals surface area contributed by atoms with Crippen molar-refractivity contribution in [1.82, 2.24) is 9.62 Å². The lowest BCUT2D eigenvalue weighted by atomic mass is 10.2. The summed E-state index contributed by atoms with van der Waals surface area (Å²) in [5, 5.41) is 0. The molecule has 0 heterocycles. The normalized spacial score (nSPS) is 11.2. The highest BCUT2D eigenvalue weighted by atomic mass is 32.2. The Balaban J connectivity index is 2.02. The van der Waals surface area contributed by atoms with Crippen molar-refractivity contribution in [2.24, 2.45) is 0 Å². The SMILES string of the molecule is CCCCN(C)C(=O)c1ccc(S(=O)(=O)NCc2ccc(OC)cc2)cc1. The van der Waals surface area contributed by atoms with E-state index in [2.05, 4.69) is 11.6 Å². The van der Waals surface area contributed by atoms with Crippen LogP contribution in [-0.2, 0) is 16.6 Å². The van der Waals surface area contributed by atoms with Gasteiger partial charge >= 0.3 is 0 Å². The summed E-state index contributed by atoms with van der Waals surface area (Å²) in [5.41, 5.74) is 1.30. The van der Waals surface area contributed by atoms with E-state index in [0.717, 1.165) is 18.4 Å². The van der Waals surface area contributed by atoms with Crippen molar-refractivity contribution in [3.8, 4) is 5.75 Å². The van der Waals surface area contributed by atoms with E-state index in [4.69, 9.17) is 4.74 Å². The van der Waals surface area contributed by atoms with Crippen LogP contribution in [0.3, 0.4) is 0 Å². The minimum atomic E-state index is -3.66. The van der Waals surface area contributed by atoms with Crippen LogP contribution in [0.1, 0.15) is 35.7 Å². The zero-order valence-corrected chi connectivity index (χ0v) is 16.8. The molecule has 0 saturated carbocycles. The Morgan fingerprint density at radius 3 is 2.26 bits per heavy atom. The highest BCUT2D eigenvalue weighted by molar-refractivity contribution is 7.89. The number of benzene rings is 2. The molecule has 7 heteroatoms. The van der Waals surface area contributed by atoms with Gasteiger partial charge in [-0.05, 0) is 48.4 Å². The van der Waals surface area contributed by atoms with E-state index < -0.39 is 10.0 Å². The number of rotatable bonds is 9. The zero-order chi connectivity index (χ0) is 19.9. The molecule has 1 N–H and O–H groups in total. The lowest BCUT2D eigenvalue weighted by molar-refractivity contribution is 0.0793. The van der Waals surface area contributed by atoms with Crippen molar-refractivity contribution in [2.75, 3.05) is 20.7 Å². The Bertz CT molecular complexity index is 847. The fourth-order valence-corrected chi connectivity index (χ4v) is 3.52. The minimum Gasteiger partial charge on any atom is -0.497 e. The standard InChI is InChI=1S/C20H26N2O4S/c1-4-5-14-22(2)20(23)17-8-12-19(13-9-17)27(24,25)21-15-16-6-10-18(26-3)11-7-16/h6-13,21H,4-5,14-15H2,1-3H3. The molecule has 0 spiro atoms. The van der Waals surface area contributed by atoms with Crippen molar-refractivity contribution >= 4 is 15.9 Å². The fraction of sp³-hybridized carbons (Fsp3) is 0.350. The van der Waals surface area contributed by atoms with Crippen LogP contribution in [0.25, 0.3) is 0 Å². The molecule has 1 amide bonds. The van der Waals surface area contributed by atoms with E-state index in [0.29, 0.717) is 17.9 Å². The van der Waals surface area contributed by atoms with Crippen LogP contribution in [0.15, 0.2) is 53.4 Å². The third kappa shape index (κ3) is 5.80. The van der Waals surface area contributed by atoms with Crippen molar-refractivity contribution < 1.29 is 17.9 Å². The summed E-state index contributed by atoms with van der Waals surface area (Å²) in [7, 11) is -0.331. The first-order valence-electron chi connectivity index (χ1n) is 8.85. The van der Waals surface area contributed by atoms with E-state index in [1.54, 1.807) is 55.5 Å². The Morgan fingerprint density at radius 2 is 1.70 bits per heavy atom. The molecular formula is C20H26N2O4S. The molecule has 0 radical (unpaired) electrons. The van der Waals surface area contributed by atoms with Crippen LogP contribution in [0, 0.1) is 0 Å². The van der Waals surface area contributed by atoms with E-state index in [1.165, 1.54) is 12.1 Å². The smallest absolute Gasteiger partial charge is 0.253 e. The number of methoxy groups -OCH3 is 1. The Morgan fingerprint density at radius 1 is 1.07 bits per heavy atom. The highest BCUT2D eigenvalue weighted by Gasteiger charge is 2.16. The average Bonchev–Trinajstić information content (AvgIpc) is 2.70. The maximum atomic E-state index is 12.5. The van der Waals surface area contributed by atoms with Gasteiger partial charge in [0.1, 0.15) is 5.75 Å². The van der Waals surface area contributed by atoms with Crippen LogP contribution in [-0.4, -0.2) is 39.9 Å². The molecule has 146 valence electrons. The second-order valence-electron chi connectivity index (χ2n) is 6.28. The summed E-state index contributed by atoms with van der Waals surface area (Å²) in [5.74, 6) is 0.601. The molecule has 0 bridgehead atoms. The van der Waals surface area contributed by atoms with Gasteiger partial charge in [-0.3, -0.25) is 4.79 Å². The molecule has 0 aromatic heterocycles. The largest absolute Gasteiger partial charge is 0.497 e. The first-order valence-corrected chi connectivity index (χ1v) is 10.3. The third-order valence-corrected chi connectivity index (χ3v) is 5.65. The number of carbonyl (C=O) groups is 1. The third-order valence-electron chi connectivity index (χ3n) is 4.23. The molecule has 0 unspecified atom stereocenters. The highest BCUT2D eigenvalue weighted by Crippen LogP contribution is 2.14. The lowest BCUT2D eigenvalue weighted by Gasteiger charge is -2.17. The number of hydrogen-bond donors (Lipinski definition) is 1. The molecule has 0 aliphatic carbocycles. The van der Waals surface area contributed by atoms with Gasteiger partial charge in [0.25, 0.3) is 5.91 Å². The molecule has 6 nitrogen and oxygen atoms in total. The quantitative estimate of drug-likeness (QED) is 0.714. The summed E-state index contributed by atoms with van der Waals surface area (Å²) in [6, 6.07) is 13.2. The van der Waals surface area contributed by atoms with Gasteiger partial charge in [-0.2, -0.15) is 0 Å². The maximum absolute atomic E-state index is 12.5. The molecule has 0 aliphatic heterocycles.